The smallest absolute Gasteiger partial charge is 0.330 e. The number of pyridine rings is 1. The Labute approximate surface area is 258 Å². The van der Waals surface area contributed by atoms with Crippen molar-refractivity contribution in [2.75, 3.05) is 9.80 Å². The number of hydrogen-bond acceptors (Lipinski definition) is 4. The highest BCUT2D eigenvalue weighted by molar-refractivity contribution is 6.40. The van der Waals surface area contributed by atoms with E-state index in [-0.39, 0.29) is 4.90 Å². The van der Waals surface area contributed by atoms with Gasteiger partial charge in [0.25, 0.3) is 11.6 Å². The molecule has 0 saturated carbocycles. The summed E-state index contributed by atoms with van der Waals surface area (Å²) >= 11 is 0. The SMILES string of the molecule is O=C1C([O-])=C([n+]2ccc(/C=C/c3ccc(N(c4ccccc4)c4ccccc4)cc3)cc2)C(=O)N1c1c(F)c(F)c(F)c(F)c1F. The van der Waals surface area contributed by atoms with Crippen molar-refractivity contribution in [2.45, 2.75) is 0 Å². The quantitative estimate of drug-likeness (QED) is 0.0690. The summed E-state index contributed by atoms with van der Waals surface area (Å²) < 4.78 is 70.6. The normalized spacial score (nSPS) is 13.3. The number of aromatic nitrogens is 1. The predicted molar refractivity (Wildman–Crippen MR) is 159 cm³/mol. The third-order valence-corrected chi connectivity index (χ3v) is 7.19. The van der Waals surface area contributed by atoms with Crippen molar-refractivity contribution in [3.8, 4) is 0 Å². The molecule has 0 N–H and O–H groups in total. The highest BCUT2D eigenvalue weighted by Crippen LogP contribution is 2.35. The lowest BCUT2D eigenvalue weighted by molar-refractivity contribution is -0.581. The molecule has 0 saturated heterocycles. The van der Waals surface area contributed by atoms with Gasteiger partial charge in [0.05, 0.1) is 0 Å². The number of hydrogen-bond donors (Lipinski definition) is 0. The maximum absolute atomic E-state index is 14.3. The Kier molecular flexibility index (Phi) is 7.89. The summed E-state index contributed by atoms with van der Waals surface area (Å²) in [4.78, 5) is 27.2. The average molecular weight is 626 g/mol. The fourth-order valence-electron chi connectivity index (χ4n) is 4.94. The highest BCUT2D eigenvalue weighted by Gasteiger charge is 2.45. The van der Waals surface area contributed by atoms with Crippen molar-refractivity contribution in [3.63, 3.8) is 0 Å². The van der Waals surface area contributed by atoms with E-state index in [0.717, 1.165) is 27.2 Å². The fraction of sp³-hybridized carbons (Fsp3) is 0. The number of anilines is 4. The number of imide groups is 1. The number of amides is 2. The van der Waals surface area contributed by atoms with Crippen molar-refractivity contribution in [2.24, 2.45) is 0 Å². The second-order valence-electron chi connectivity index (χ2n) is 10.0. The fourth-order valence-corrected chi connectivity index (χ4v) is 4.94. The molecule has 11 heteroatoms. The first-order valence-corrected chi connectivity index (χ1v) is 13.7. The standard InChI is InChI=1S/C35H20F5N3O3/c36-26-27(37)29(39)31(30(40)28(26)38)43-34(45)32(33(44)35(43)46)41-19-17-22(18-20-41)12-11-21-13-15-25(16-14-21)42(23-7-3-1-4-8-23)24-9-5-2-6-10-24/h1-20H. The molecule has 2 amide bonds. The molecule has 2 heterocycles. The zero-order valence-electron chi connectivity index (χ0n) is 23.5. The first kappa shape index (κ1) is 29.9. The molecule has 228 valence electrons. The van der Waals surface area contributed by atoms with Crippen molar-refractivity contribution in [3.05, 3.63) is 155 Å². The summed E-state index contributed by atoms with van der Waals surface area (Å²) in [5.41, 5.74) is 1.73. The Bertz CT molecular complexity index is 1960. The maximum atomic E-state index is 14.3. The molecule has 1 aliphatic heterocycles. The molecule has 0 radical (unpaired) electrons. The monoisotopic (exact) mass is 625 g/mol. The van der Waals surface area contributed by atoms with Crippen LogP contribution in [-0.2, 0) is 9.59 Å². The van der Waals surface area contributed by atoms with E-state index in [1.807, 2.05) is 91.0 Å². The predicted octanol–water partition coefficient (Wildman–Crippen LogP) is 6.41. The zero-order valence-corrected chi connectivity index (χ0v) is 23.5. The van der Waals surface area contributed by atoms with Crippen LogP contribution in [0.1, 0.15) is 11.1 Å². The molecule has 6 nitrogen and oxygen atoms in total. The number of nitrogens with zero attached hydrogens (tertiary/aromatic N) is 3. The molecule has 6 rings (SSSR count). The van der Waals surface area contributed by atoms with E-state index in [9.17, 15) is 36.6 Å². The third kappa shape index (κ3) is 5.28. The second kappa shape index (κ2) is 12.1. The first-order chi connectivity index (χ1) is 22.2. The van der Waals surface area contributed by atoms with Gasteiger partial charge in [0.1, 0.15) is 5.69 Å². The summed E-state index contributed by atoms with van der Waals surface area (Å²) in [6.07, 6.45) is 6.08. The molecule has 4 aromatic carbocycles. The van der Waals surface area contributed by atoms with Crippen LogP contribution in [-0.4, -0.2) is 11.8 Å². The van der Waals surface area contributed by atoms with Crippen LogP contribution >= 0.6 is 0 Å². The molecule has 1 aromatic heterocycles. The van der Waals surface area contributed by atoms with Crippen LogP contribution in [0.2, 0.25) is 0 Å². The Hall–Kier alpha value is -6.10. The molecular weight excluding hydrogens is 605 g/mol. The van der Waals surface area contributed by atoms with Gasteiger partial charge in [0.2, 0.25) is 5.82 Å². The zero-order chi connectivity index (χ0) is 32.5. The topological polar surface area (TPSA) is 67.6 Å². The molecule has 5 aromatic rings. The molecule has 0 atom stereocenters. The summed E-state index contributed by atoms with van der Waals surface area (Å²) in [5.74, 6) is -16.8. The minimum Gasteiger partial charge on any atom is -0.864 e. The highest BCUT2D eigenvalue weighted by atomic mass is 19.2. The molecule has 46 heavy (non-hydrogen) atoms. The van der Waals surface area contributed by atoms with Gasteiger partial charge in [-0.15, -0.1) is 0 Å². The number of carbonyl (C=O) groups is 2. The lowest BCUT2D eigenvalue weighted by Crippen LogP contribution is -2.40. The number of rotatable bonds is 7. The minimum atomic E-state index is -2.47. The van der Waals surface area contributed by atoms with Crippen LogP contribution in [0.25, 0.3) is 17.8 Å². The molecule has 1 aliphatic rings. The van der Waals surface area contributed by atoms with Gasteiger partial charge in [-0.25, -0.2) is 26.9 Å². The van der Waals surface area contributed by atoms with Gasteiger partial charge in [-0.1, -0.05) is 60.7 Å². The van der Waals surface area contributed by atoms with Gasteiger partial charge < -0.3 is 10.0 Å². The van der Waals surface area contributed by atoms with E-state index in [0.29, 0.717) is 5.56 Å². The van der Waals surface area contributed by atoms with Crippen LogP contribution in [0, 0.1) is 29.1 Å². The lowest BCUT2D eigenvalue weighted by Gasteiger charge is -2.25. The largest absolute Gasteiger partial charge is 0.864 e. The molecular formula is C35H20F5N3O3. The van der Waals surface area contributed by atoms with Crippen LogP contribution in [0.5, 0.6) is 0 Å². The van der Waals surface area contributed by atoms with Gasteiger partial charge in [-0.3, -0.25) is 9.59 Å². The van der Waals surface area contributed by atoms with Gasteiger partial charge in [-0.05, 0) is 47.5 Å². The summed E-state index contributed by atoms with van der Waals surface area (Å²) in [6.45, 7) is 0. The van der Waals surface area contributed by atoms with Crippen molar-refractivity contribution < 1.29 is 41.2 Å². The van der Waals surface area contributed by atoms with Crippen LogP contribution in [0.4, 0.5) is 44.7 Å². The summed E-state index contributed by atoms with van der Waals surface area (Å²) in [7, 11) is 0. The van der Waals surface area contributed by atoms with Crippen LogP contribution in [0.15, 0.2) is 115 Å². The average Bonchev–Trinajstić information content (AvgIpc) is 3.30. The van der Waals surface area contributed by atoms with E-state index in [2.05, 4.69) is 4.90 Å². The molecule has 0 fully saturated rings. The van der Waals surface area contributed by atoms with E-state index < -0.39 is 58.0 Å². The second-order valence-corrected chi connectivity index (χ2v) is 10.0. The number of halogens is 5. The lowest BCUT2D eigenvalue weighted by atomic mass is 10.1. The third-order valence-electron chi connectivity index (χ3n) is 7.19. The Morgan fingerprint density at radius 3 is 1.50 bits per heavy atom. The summed E-state index contributed by atoms with van der Waals surface area (Å²) in [6, 6.07) is 30.6. The Morgan fingerprint density at radius 1 is 0.565 bits per heavy atom. The van der Waals surface area contributed by atoms with Crippen LogP contribution in [0.3, 0.4) is 0 Å². The molecule has 0 aliphatic carbocycles. The summed E-state index contributed by atoms with van der Waals surface area (Å²) in [5, 5.41) is 12.6. The van der Waals surface area contributed by atoms with E-state index in [4.69, 9.17) is 0 Å². The maximum Gasteiger partial charge on any atom is 0.330 e. The first-order valence-electron chi connectivity index (χ1n) is 13.7. The van der Waals surface area contributed by atoms with Gasteiger partial charge >= 0.3 is 5.91 Å². The van der Waals surface area contributed by atoms with Gasteiger partial charge in [0, 0.05) is 35.0 Å². The van der Waals surface area contributed by atoms with Gasteiger partial charge in [0.15, 0.2) is 35.7 Å². The van der Waals surface area contributed by atoms with Gasteiger partial charge in [-0.2, -0.15) is 4.57 Å². The van der Waals surface area contributed by atoms with E-state index in [1.165, 1.54) is 24.5 Å². The Morgan fingerprint density at radius 2 is 1.00 bits per heavy atom. The number of carbonyl (C=O) groups excluding carboxylic acids is 2. The van der Waals surface area contributed by atoms with Crippen molar-refractivity contribution in [1.82, 2.24) is 0 Å². The van der Waals surface area contributed by atoms with Crippen LogP contribution < -0.4 is 19.5 Å². The van der Waals surface area contributed by atoms with E-state index in [1.54, 1.807) is 6.08 Å². The Balaban J connectivity index is 1.22. The molecule has 0 spiro atoms. The van der Waals surface area contributed by atoms with Crippen molar-refractivity contribution >= 4 is 52.4 Å². The number of benzene rings is 4. The molecule has 0 bridgehead atoms. The number of para-hydroxylation sites is 2. The van der Waals surface area contributed by atoms with E-state index >= 15 is 0 Å². The minimum absolute atomic E-state index is 0.352. The van der Waals surface area contributed by atoms with Crippen molar-refractivity contribution in [1.29, 1.82) is 0 Å². The molecule has 0 unspecified atom stereocenters.